The minimum atomic E-state index is -0.269. The molecule has 2 aliphatic rings. The van der Waals surface area contributed by atoms with Gasteiger partial charge < -0.3 is 15.5 Å². The molecular weight excluding hydrogens is 406 g/mol. The van der Waals surface area contributed by atoms with Crippen molar-refractivity contribution in [1.82, 2.24) is 4.90 Å². The van der Waals surface area contributed by atoms with Crippen LogP contribution < -0.4 is 10.6 Å². The molecule has 5 nitrogen and oxygen atoms in total. The number of hydrogen-bond acceptors (Lipinski definition) is 3. The standard InChI is InChI=1S/C18H24BrN3O2.ClH/c1-18(2)11-21(8-7-15(18)20)17(24)12-9-16(23)22(10-12)14-6-4-3-5-13(14)19;/h3-6,12,15H,7-11,20H2,1-2H3;1H. The van der Waals surface area contributed by atoms with Gasteiger partial charge in [-0.1, -0.05) is 26.0 Å². The molecule has 0 bridgehead atoms. The van der Waals surface area contributed by atoms with E-state index in [9.17, 15) is 9.59 Å². The minimum absolute atomic E-state index is 0. The molecule has 0 aromatic heterocycles. The second-order valence-corrected chi connectivity index (χ2v) is 8.35. The number of carbonyl (C=O) groups is 2. The average molecular weight is 431 g/mol. The molecule has 1 aromatic carbocycles. The Morgan fingerprint density at radius 1 is 1.32 bits per heavy atom. The second kappa shape index (κ2) is 7.64. The molecule has 2 fully saturated rings. The summed E-state index contributed by atoms with van der Waals surface area (Å²) in [4.78, 5) is 28.9. The van der Waals surface area contributed by atoms with Gasteiger partial charge in [0.05, 0.1) is 11.6 Å². The summed E-state index contributed by atoms with van der Waals surface area (Å²) in [5.41, 5.74) is 6.91. The van der Waals surface area contributed by atoms with E-state index in [1.54, 1.807) is 4.90 Å². The smallest absolute Gasteiger partial charge is 0.228 e. The van der Waals surface area contributed by atoms with E-state index in [1.165, 1.54) is 0 Å². The number of piperidine rings is 1. The molecule has 3 rings (SSSR count). The van der Waals surface area contributed by atoms with Crippen LogP contribution in [-0.2, 0) is 9.59 Å². The van der Waals surface area contributed by atoms with Gasteiger partial charge in [0.15, 0.2) is 0 Å². The van der Waals surface area contributed by atoms with Crippen LogP contribution in [0.3, 0.4) is 0 Å². The van der Waals surface area contributed by atoms with Gasteiger partial charge in [0.2, 0.25) is 11.8 Å². The van der Waals surface area contributed by atoms with Gasteiger partial charge in [-0.2, -0.15) is 0 Å². The van der Waals surface area contributed by atoms with E-state index >= 15 is 0 Å². The first-order valence-corrected chi connectivity index (χ1v) is 9.18. The van der Waals surface area contributed by atoms with Gasteiger partial charge in [-0.25, -0.2) is 0 Å². The molecule has 7 heteroatoms. The molecule has 2 amide bonds. The molecule has 2 N–H and O–H groups in total. The van der Waals surface area contributed by atoms with Crippen molar-refractivity contribution in [2.24, 2.45) is 17.1 Å². The molecular formula is C18H25BrClN3O2. The maximum Gasteiger partial charge on any atom is 0.228 e. The first-order chi connectivity index (χ1) is 11.3. The Morgan fingerprint density at radius 2 is 2.00 bits per heavy atom. The molecule has 0 saturated carbocycles. The van der Waals surface area contributed by atoms with Crippen molar-refractivity contribution in [3.8, 4) is 0 Å². The molecule has 2 saturated heterocycles. The molecule has 0 spiro atoms. The third-order valence-corrected chi connectivity index (χ3v) is 5.91. The Morgan fingerprint density at radius 3 is 2.64 bits per heavy atom. The molecule has 2 heterocycles. The van der Waals surface area contributed by atoms with Crippen LogP contribution in [0.1, 0.15) is 26.7 Å². The van der Waals surface area contributed by atoms with E-state index in [2.05, 4.69) is 29.8 Å². The predicted octanol–water partition coefficient (Wildman–Crippen LogP) is 2.81. The monoisotopic (exact) mass is 429 g/mol. The molecule has 0 aliphatic carbocycles. The van der Waals surface area contributed by atoms with E-state index in [4.69, 9.17) is 5.73 Å². The Balaban J connectivity index is 0.00000225. The zero-order valence-corrected chi connectivity index (χ0v) is 17.0. The highest BCUT2D eigenvalue weighted by atomic mass is 79.9. The van der Waals surface area contributed by atoms with Crippen molar-refractivity contribution in [3.63, 3.8) is 0 Å². The number of benzene rings is 1. The van der Waals surface area contributed by atoms with Crippen LogP contribution in [0.25, 0.3) is 0 Å². The fourth-order valence-electron chi connectivity index (χ4n) is 3.60. The zero-order valence-electron chi connectivity index (χ0n) is 14.6. The van der Waals surface area contributed by atoms with E-state index in [0.29, 0.717) is 19.6 Å². The first kappa shape index (κ1) is 20.2. The fraction of sp³-hybridized carbons (Fsp3) is 0.556. The summed E-state index contributed by atoms with van der Waals surface area (Å²) in [7, 11) is 0. The molecule has 2 unspecified atom stereocenters. The maximum atomic E-state index is 12.9. The summed E-state index contributed by atoms with van der Waals surface area (Å²) in [5.74, 6) is -0.180. The van der Waals surface area contributed by atoms with Crippen molar-refractivity contribution in [2.75, 3.05) is 24.5 Å². The summed E-state index contributed by atoms with van der Waals surface area (Å²) < 4.78 is 0.872. The number of halogens is 2. The second-order valence-electron chi connectivity index (χ2n) is 7.50. The van der Waals surface area contributed by atoms with Gasteiger partial charge in [-0.3, -0.25) is 9.59 Å². The molecule has 1 aromatic rings. The summed E-state index contributed by atoms with van der Waals surface area (Å²) in [6.07, 6.45) is 1.09. The highest BCUT2D eigenvalue weighted by Gasteiger charge is 2.41. The SMILES string of the molecule is CC1(C)CN(C(=O)C2CC(=O)N(c3ccccc3Br)C2)CCC1N.Cl. The Bertz CT molecular complexity index is 667. The van der Waals surface area contributed by atoms with Gasteiger partial charge in [0.1, 0.15) is 0 Å². The number of nitrogens with zero attached hydrogens (tertiary/aromatic N) is 2. The first-order valence-electron chi connectivity index (χ1n) is 8.39. The normalized spacial score (nSPS) is 25.7. The lowest BCUT2D eigenvalue weighted by molar-refractivity contribution is -0.139. The van der Waals surface area contributed by atoms with Gasteiger partial charge in [-0.05, 0) is 39.9 Å². The maximum absolute atomic E-state index is 12.9. The number of carbonyl (C=O) groups excluding carboxylic acids is 2. The molecule has 2 atom stereocenters. The van der Waals surface area contributed by atoms with Crippen LogP contribution >= 0.6 is 28.3 Å². The van der Waals surface area contributed by atoms with Crippen molar-refractivity contribution in [2.45, 2.75) is 32.7 Å². The molecule has 2 aliphatic heterocycles. The van der Waals surface area contributed by atoms with Crippen molar-refractivity contribution < 1.29 is 9.59 Å². The van der Waals surface area contributed by atoms with Gasteiger partial charge >= 0.3 is 0 Å². The third-order valence-electron chi connectivity index (χ3n) is 5.24. The van der Waals surface area contributed by atoms with Crippen LogP contribution in [0.15, 0.2) is 28.7 Å². The Kier molecular flexibility index (Phi) is 6.17. The quantitative estimate of drug-likeness (QED) is 0.784. The van der Waals surface area contributed by atoms with Gasteiger partial charge in [0, 0.05) is 36.6 Å². The number of hydrogen-bond donors (Lipinski definition) is 1. The summed E-state index contributed by atoms with van der Waals surface area (Å²) in [6.45, 7) is 5.99. The lowest BCUT2D eigenvalue weighted by Crippen LogP contribution is -2.55. The van der Waals surface area contributed by atoms with Gasteiger partial charge in [0.25, 0.3) is 0 Å². The average Bonchev–Trinajstić information content (AvgIpc) is 2.91. The number of para-hydroxylation sites is 1. The number of rotatable bonds is 2. The van der Waals surface area contributed by atoms with Crippen LogP contribution in [0, 0.1) is 11.3 Å². The predicted molar refractivity (Wildman–Crippen MR) is 105 cm³/mol. The van der Waals surface area contributed by atoms with Crippen LogP contribution in [0.2, 0.25) is 0 Å². The van der Waals surface area contributed by atoms with Crippen molar-refractivity contribution in [3.05, 3.63) is 28.7 Å². The van der Waals surface area contributed by atoms with Crippen molar-refractivity contribution in [1.29, 1.82) is 0 Å². The number of amides is 2. The lowest BCUT2D eigenvalue weighted by Gasteiger charge is -2.43. The van der Waals surface area contributed by atoms with Gasteiger partial charge in [-0.15, -0.1) is 12.4 Å². The largest absolute Gasteiger partial charge is 0.342 e. The van der Waals surface area contributed by atoms with Crippen molar-refractivity contribution >= 4 is 45.8 Å². The van der Waals surface area contributed by atoms with E-state index in [-0.39, 0.29) is 48.0 Å². The zero-order chi connectivity index (χ0) is 17.5. The fourth-order valence-corrected chi connectivity index (χ4v) is 4.10. The highest BCUT2D eigenvalue weighted by molar-refractivity contribution is 9.10. The molecule has 0 radical (unpaired) electrons. The van der Waals surface area contributed by atoms with Crippen LogP contribution in [0.4, 0.5) is 5.69 Å². The van der Waals surface area contributed by atoms with E-state index in [1.807, 2.05) is 29.2 Å². The summed E-state index contributed by atoms with van der Waals surface area (Å²) in [6, 6.07) is 7.74. The summed E-state index contributed by atoms with van der Waals surface area (Å²) >= 11 is 3.49. The Hall–Kier alpha value is -1.11. The highest BCUT2D eigenvalue weighted by Crippen LogP contribution is 2.33. The topological polar surface area (TPSA) is 66.6 Å². The third kappa shape index (κ3) is 4.01. The number of anilines is 1. The van der Waals surface area contributed by atoms with Crippen LogP contribution in [0.5, 0.6) is 0 Å². The van der Waals surface area contributed by atoms with E-state index in [0.717, 1.165) is 16.6 Å². The molecule has 138 valence electrons. The number of likely N-dealkylation sites (tertiary alicyclic amines) is 1. The molecule has 25 heavy (non-hydrogen) atoms. The summed E-state index contributed by atoms with van der Waals surface area (Å²) in [5, 5.41) is 0. The minimum Gasteiger partial charge on any atom is -0.342 e. The van der Waals surface area contributed by atoms with Crippen LogP contribution in [-0.4, -0.2) is 42.4 Å². The number of nitrogens with two attached hydrogens (primary N) is 1. The lowest BCUT2D eigenvalue weighted by atomic mass is 9.79. The van der Waals surface area contributed by atoms with E-state index < -0.39 is 0 Å². The Labute approximate surface area is 163 Å².